The lowest BCUT2D eigenvalue weighted by Gasteiger charge is -2.45. The summed E-state index contributed by atoms with van der Waals surface area (Å²) in [4.78, 5) is 40.1. The van der Waals surface area contributed by atoms with Crippen molar-refractivity contribution in [3.05, 3.63) is 71.5 Å². The summed E-state index contributed by atoms with van der Waals surface area (Å²) in [5, 5.41) is 15.8. The Morgan fingerprint density at radius 1 is 1.10 bits per heavy atom. The van der Waals surface area contributed by atoms with Crippen LogP contribution in [0.4, 0.5) is 9.18 Å². The average Bonchev–Trinajstić information content (AvgIpc) is 2.91. The molecule has 2 fully saturated rings. The highest BCUT2D eigenvalue weighted by Gasteiger charge is 2.43. The number of nitrogens with one attached hydrogen (secondary N) is 2. The molecule has 1 amide bonds. The molecule has 4 rings (SSSR count). The second-order valence-electron chi connectivity index (χ2n) is 11.5. The smallest absolute Gasteiger partial charge is 0.407 e. The normalized spacial score (nSPS) is 25.6. The zero-order chi connectivity index (χ0) is 28.9. The van der Waals surface area contributed by atoms with Gasteiger partial charge < -0.3 is 25.2 Å². The first-order valence-electron chi connectivity index (χ1n) is 13.7. The molecule has 2 aromatic carbocycles. The van der Waals surface area contributed by atoms with Crippen molar-refractivity contribution in [2.24, 2.45) is 5.92 Å². The number of aliphatic carboxylic acids is 1. The molecule has 2 heterocycles. The van der Waals surface area contributed by atoms with Gasteiger partial charge in [-0.15, -0.1) is 0 Å². The number of benzene rings is 2. The molecule has 2 aromatic rings. The molecule has 0 aliphatic carbocycles. The van der Waals surface area contributed by atoms with Crippen molar-refractivity contribution < 1.29 is 33.4 Å². The van der Waals surface area contributed by atoms with E-state index in [0.717, 1.165) is 11.1 Å². The van der Waals surface area contributed by atoms with Crippen molar-refractivity contribution in [3.63, 3.8) is 0 Å². The summed E-state index contributed by atoms with van der Waals surface area (Å²) in [5.74, 6) is -2.79. The number of ether oxygens (including phenoxy) is 2. The Hall–Kier alpha value is -3.50. The molecule has 5 unspecified atom stereocenters. The molecule has 2 saturated heterocycles. The van der Waals surface area contributed by atoms with Crippen molar-refractivity contribution in [2.75, 3.05) is 19.6 Å². The van der Waals surface area contributed by atoms with Crippen molar-refractivity contribution in [1.82, 2.24) is 15.5 Å². The number of likely N-dealkylation sites (tertiary alicyclic amines) is 1. The second kappa shape index (κ2) is 12.8. The van der Waals surface area contributed by atoms with Gasteiger partial charge in [0.2, 0.25) is 0 Å². The molecule has 0 bridgehead atoms. The van der Waals surface area contributed by atoms with Crippen LogP contribution in [-0.2, 0) is 25.7 Å². The topological polar surface area (TPSA) is 117 Å². The first kappa shape index (κ1) is 29.5. The number of nitrogens with zero attached hydrogens (tertiary/aromatic N) is 1. The maximum Gasteiger partial charge on any atom is 0.407 e. The molecule has 0 radical (unpaired) electrons. The van der Waals surface area contributed by atoms with Gasteiger partial charge >= 0.3 is 18.0 Å². The lowest BCUT2D eigenvalue weighted by Crippen LogP contribution is -2.61. The number of halogens is 1. The van der Waals surface area contributed by atoms with Crippen LogP contribution in [0.2, 0.25) is 0 Å². The minimum atomic E-state index is -0.963. The molecule has 2 aliphatic rings. The summed E-state index contributed by atoms with van der Waals surface area (Å²) in [6.07, 6.45) is 0.419. The van der Waals surface area contributed by atoms with Crippen LogP contribution in [-0.4, -0.2) is 71.4 Å². The molecule has 0 saturated carbocycles. The third-order valence-electron chi connectivity index (χ3n) is 7.46. The van der Waals surface area contributed by atoms with Gasteiger partial charge in [0.1, 0.15) is 24.1 Å². The fraction of sp³-hybridized carbons (Fsp3) is 0.500. The summed E-state index contributed by atoms with van der Waals surface area (Å²) in [5.41, 5.74) is 0.919. The van der Waals surface area contributed by atoms with Crippen LogP contribution < -0.4 is 10.6 Å². The Labute approximate surface area is 234 Å². The predicted molar refractivity (Wildman–Crippen MR) is 146 cm³/mol. The lowest BCUT2D eigenvalue weighted by atomic mass is 9.81. The Bertz CT molecular complexity index is 1170. The van der Waals surface area contributed by atoms with Crippen molar-refractivity contribution >= 4 is 18.0 Å². The first-order valence-corrected chi connectivity index (χ1v) is 13.7. The number of carboxylic acid groups (broad SMARTS) is 1. The van der Waals surface area contributed by atoms with Gasteiger partial charge in [-0.25, -0.2) is 9.18 Å². The summed E-state index contributed by atoms with van der Waals surface area (Å²) in [6, 6.07) is 13.9. The van der Waals surface area contributed by atoms with Crippen molar-refractivity contribution in [3.8, 4) is 0 Å². The van der Waals surface area contributed by atoms with Gasteiger partial charge in [0.25, 0.3) is 0 Å². The number of piperidine rings is 2. The second-order valence-corrected chi connectivity index (χ2v) is 11.5. The molecule has 5 atom stereocenters. The zero-order valence-corrected chi connectivity index (χ0v) is 23.1. The van der Waals surface area contributed by atoms with Crippen LogP contribution in [0.3, 0.4) is 0 Å². The van der Waals surface area contributed by atoms with Gasteiger partial charge in [0, 0.05) is 37.6 Å². The Balaban J connectivity index is 1.49. The largest absolute Gasteiger partial charge is 0.480 e. The number of carbonyl (C=O) groups excluding carboxylic acids is 2. The number of hydrogen-bond donors (Lipinski definition) is 3. The summed E-state index contributed by atoms with van der Waals surface area (Å²) < 4.78 is 24.7. The number of carboxylic acids is 1. The van der Waals surface area contributed by atoms with E-state index in [1.54, 1.807) is 32.9 Å². The summed E-state index contributed by atoms with van der Waals surface area (Å²) in [6.45, 7) is 6.78. The number of carbonyl (C=O) groups is 3. The fourth-order valence-corrected chi connectivity index (χ4v) is 5.51. The van der Waals surface area contributed by atoms with E-state index in [-0.39, 0.29) is 24.4 Å². The van der Waals surface area contributed by atoms with Gasteiger partial charge in [-0.05, 0) is 56.9 Å². The molecule has 0 spiro atoms. The predicted octanol–water partition coefficient (Wildman–Crippen LogP) is 3.68. The molecule has 0 aromatic heterocycles. The van der Waals surface area contributed by atoms with E-state index in [2.05, 4.69) is 15.5 Å². The third kappa shape index (κ3) is 7.79. The molecule has 2 aliphatic heterocycles. The van der Waals surface area contributed by atoms with E-state index >= 15 is 0 Å². The lowest BCUT2D eigenvalue weighted by molar-refractivity contribution is -0.153. The minimum absolute atomic E-state index is 0.0717. The van der Waals surface area contributed by atoms with Crippen LogP contribution in [0.25, 0.3) is 0 Å². The first-order chi connectivity index (χ1) is 19.0. The summed E-state index contributed by atoms with van der Waals surface area (Å²) in [7, 11) is 0. The molecule has 3 N–H and O–H groups in total. The van der Waals surface area contributed by atoms with E-state index in [0.29, 0.717) is 32.5 Å². The van der Waals surface area contributed by atoms with Crippen LogP contribution in [0.15, 0.2) is 54.6 Å². The number of amides is 1. The number of rotatable bonds is 7. The highest BCUT2D eigenvalue weighted by Crippen LogP contribution is 2.33. The number of alkyl carbamates (subject to hydrolysis) is 1. The molecular formula is C30H38FN3O6. The molecule has 40 heavy (non-hydrogen) atoms. The maximum absolute atomic E-state index is 13.6. The van der Waals surface area contributed by atoms with Gasteiger partial charge in [-0.3, -0.25) is 14.5 Å². The maximum atomic E-state index is 13.6. The number of esters is 1. The Morgan fingerprint density at radius 3 is 2.45 bits per heavy atom. The Kier molecular flexibility index (Phi) is 9.42. The van der Waals surface area contributed by atoms with E-state index in [9.17, 15) is 23.9 Å². The molecule has 9 nitrogen and oxygen atoms in total. The molecule has 216 valence electrons. The number of hydrogen-bond acceptors (Lipinski definition) is 7. The Morgan fingerprint density at radius 2 is 1.80 bits per heavy atom. The van der Waals surface area contributed by atoms with Crippen LogP contribution in [0.1, 0.15) is 50.7 Å². The molecular weight excluding hydrogens is 517 g/mol. The van der Waals surface area contributed by atoms with Gasteiger partial charge in [-0.2, -0.15) is 0 Å². The monoisotopic (exact) mass is 555 g/mol. The standard InChI is InChI=1S/C30H38FN3O6/c1-30(2,3)40-29(38)33-25-13-14-34(17-24(25)28(37)39-18-19-7-5-4-6-8-19)22-15-23(26(27(35)36)32-16-22)20-9-11-21(31)12-10-20/h4-12,22-26,32H,13-18H2,1-3H3,(H,33,38)(H,35,36). The van der Waals surface area contributed by atoms with Crippen LogP contribution in [0, 0.1) is 11.7 Å². The van der Waals surface area contributed by atoms with Gasteiger partial charge in [-0.1, -0.05) is 42.5 Å². The average molecular weight is 556 g/mol. The van der Waals surface area contributed by atoms with Gasteiger partial charge in [0.15, 0.2) is 0 Å². The van der Waals surface area contributed by atoms with E-state index in [1.807, 2.05) is 30.3 Å². The summed E-state index contributed by atoms with van der Waals surface area (Å²) >= 11 is 0. The van der Waals surface area contributed by atoms with E-state index in [1.165, 1.54) is 12.1 Å². The molecule has 10 heteroatoms. The third-order valence-corrected chi connectivity index (χ3v) is 7.46. The van der Waals surface area contributed by atoms with Gasteiger partial charge in [0.05, 0.1) is 5.92 Å². The quantitative estimate of drug-likeness (QED) is 0.443. The van der Waals surface area contributed by atoms with Crippen molar-refractivity contribution in [1.29, 1.82) is 0 Å². The minimum Gasteiger partial charge on any atom is -0.480 e. The van der Waals surface area contributed by atoms with Crippen molar-refractivity contribution in [2.45, 2.75) is 69.9 Å². The SMILES string of the molecule is CC(C)(C)OC(=O)NC1CCN(C2CNC(C(=O)O)C(c3ccc(F)cc3)C2)CC1C(=O)OCc1ccccc1. The highest BCUT2D eigenvalue weighted by molar-refractivity contribution is 5.76. The van der Waals surface area contributed by atoms with Crippen LogP contribution >= 0.6 is 0 Å². The van der Waals surface area contributed by atoms with E-state index in [4.69, 9.17) is 9.47 Å². The fourth-order valence-electron chi connectivity index (χ4n) is 5.51. The highest BCUT2D eigenvalue weighted by atomic mass is 19.1. The van der Waals surface area contributed by atoms with Crippen LogP contribution in [0.5, 0.6) is 0 Å². The zero-order valence-electron chi connectivity index (χ0n) is 23.1. The van der Waals surface area contributed by atoms with E-state index < -0.39 is 41.6 Å².